The van der Waals surface area contributed by atoms with E-state index in [-0.39, 0.29) is 12.2 Å². The number of benzene rings is 1. The first-order chi connectivity index (χ1) is 9.97. The molecule has 2 rings (SSSR count). The molecule has 0 N–H and O–H groups in total. The molecular formula is C16H19ClN2O2. The Morgan fingerprint density at radius 1 is 1.38 bits per heavy atom. The molecule has 1 heterocycles. The van der Waals surface area contributed by atoms with Gasteiger partial charge in [-0.2, -0.15) is 5.10 Å². The van der Waals surface area contributed by atoms with Crippen LogP contribution >= 0.6 is 11.6 Å². The Balaban J connectivity index is 2.35. The maximum absolute atomic E-state index is 12.6. The van der Waals surface area contributed by atoms with Crippen molar-refractivity contribution in [2.75, 3.05) is 7.11 Å². The van der Waals surface area contributed by atoms with E-state index in [4.69, 9.17) is 16.3 Å². The van der Waals surface area contributed by atoms with Gasteiger partial charge in [-0.3, -0.25) is 9.48 Å². The van der Waals surface area contributed by atoms with E-state index >= 15 is 0 Å². The van der Waals surface area contributed by atoms with E-state index in [2.05, 4.69) is 5.10 Å². The van der Waals surface area contributed by atoms with Crippen molar-refractivity contribution >= 4 is 17.4 Å². The molecule has 0 saturated heterocycles. The van der Waals surface area contributed by atoms with Crippen molar-refractivity contribution < 1.29 is 9.53 Å². The predicted molar refractivity (Wildman–Crippen MR) is 83.4 cm³/mol. The Kier molecular flexibility index (Phi) is 4.68. The fraction of sp³-hybridized carbons (Fsp3) is 0.375. The number of halogens is 1. The van der Waals surface area contributed by atoms with Gasteiger partial charge in [0.1, 0.15) is 5.75 Å². The monoisotopic (exact) mass is 306 g/mol. The van der Waals surface area contributed by atoms with Gasteiger partial charge in [0.25, 0.3) is 0 Å². The van der Waals surface area contributed by atoms with E-state index in [9.17, 15) is 4.79 Å². The lowest BCUT2D eigenvalue weighted by atomic mass is 10.0. The number of carbonyl (C=O) groups excluding carboxylic acids is 1. The van der Waals surface area contributed by atoms with Crippen molar-refractivity contribution in [1.29, 1.82) is 0 Å². The molecule has 0 radical (unpaired) electrons. The molecule has 21 heavy (non-hydrogen) atoms. The number of aromatic nitrogens is 2. The Labute approximate surface area is 129 Å². The molecule has 0 unspecified atom stereocenters. The fourth-order valence-electron chi connectivity index (χ4n) is 2.31. The lowest BCUT2D eigenvalue weighted by Crippen LogP contribution is -2.11. The molecule has 112 valence electrons. The summed E-state index contributed by atoms with van der Waals surface area (Å²) in [6.45, 7) is 6.46. The van der Waals surface area contributed by atoms with Gasteiger partial charge in [-0.1, -0.05) is 17.7 Å². The normalized spacial score (nSPS) is 10.7. The highest BCUT2D eigenvalue weighted by Gasteiger charge is 2.19. The van der Waals surface area contributed by atoms with E-state index in [1.54, 1.807) is 17.9 Å². The van der Waals surface area contributed by atoms with Crippen LogP contribution < -0.4 is 4.74 Å². The highest BCUT2D eigenvalue weighted by atomic mass is 35.5. The Hall–Kier alpha value is -1.81. The standard InChI is InChI=1S/C16H19ClN2O2/c1-5-19-13(16(17)11(3)18-19)9-14(20)12-7-6-10(2)8-15(12)21-4/h6-8H,5,9H2,1-4H3. The molecule has 1 aromatic carbocycles. The average molecular weight is 307 g/mol. The largest absolute Gasteiger partial charge is 0.496 e. The predicted octanol–water partition coefficient (Wildman–Crippen LogP) is 3.61. The van der Waals surface area contributed by atoms with Gasteiger partial charge in [0.15, 0.2) is 5.78 Å². The molecule has 2 aromatic rings. The zero-order valence-electron chi connectivity index (χ0n) is 12.7. The molecule has 0 atom stereocenters. The second kappa shape index (κ2) is 6.31. The molecule has 4 nitrogen and oxygen atoms in total. The van der Waals surface area contributed by atoms with Crippen molar-refractivity contribution in [3.05, 3.63) is 45.7 Å². The van der Waals surface area contributed by atoms with Gasteiger partial charge < -0.3 is 4.74 Å². The lowest BCUT2D eigenvalue weighted by molar-refractivity contribution is 0.0987. The van der Waals surface area contributed by atoms with Crippen LogP contribution in [-0.4, -0.2) is 22.7 Å². The van der Waals surface area contributed by atoms with Crippen LogP contribution in [0, 0.1) is 13.8 Å². The number of carbonyl (C=O) groups is 1. The highest BCUT2D eigenvalue weighted by Crippen LogP contribution is 2.25. The summed E-state index contributed by atoms with van der Waals surface area (Å²) < 4.78 is 7.07. The summed E-state index contributed by atoms with van der Waals surface area (Å²) in [6.07, 6.45) is 0.215. The van der Waals surface area contributed by atoms with Crippen LogP contribution in [0.15, 0.2) is 18.2 Å². The summed E-state index contributed by atoms with van der Waals surface area (Å²) >= 11 is 6.26. The van der Waals surface area contributed by atoms with Gasteiger partial charge in [0.05, 0.1) is 35.5 Å². The number of aryl methyl sites for hydroxylation is 3. The van der Waals surface area contributed by atoms with E-state index in [0.29, 0.717) is 22.9 Å². The van der Waals surface area contributed by atoms with Crippen LogP contribution in [0.1, 0.15) is 34.2 Å². The number of rotatable bonds is 5. The summed E-state index contributed by atoms with van der Waals surface area (Å²) in [6, 6.07) is 5.56. The number of nitrogens with zero attached hydrogens (tertiary/aromatic N) is 2. The third kappa shape index (κ3) is 3.10. The lowest BCUT2D eigenvalue weighted by Gasteiger charge is -2.09. The zero-order valence-corrected chi connectivity index (χ0v) is 13.5. The Morgan fingerprint density at radius 2 is 2.10 bits per heavy atom. The minimum Gasteiger partial charge on any atom is -0.496 e. The molecule has 0 aliphatic heterocycles. The van der Waals surface area contributed by atoms with Crippen LogP contribution in [-0.2, 0) is 13.0 Å². The Morgan fingerprint density at radius 3 is 2.71 bits per heavy atom. The Bertz CT molecular complexity index is 677. The van der Waals surface area contributed by atoms with Crippen molar-refractivity contribution in [3.8, 4) is 5.75 Å². The number of Topliss-reactive ketones (excluding diaryl/α,β-unsaturated/α-hetero) is 1. The highest BCUT2D eigenvalue weighted by molar-refractivity contribution is 6.32. The van der Waals surface area contributed by atoms with E-state index in [1.165, 1.54) is 0 Å². The number of hydrogen-bond acceptors (Lipinski definition) is 3. The summed E-state index contributed by atoms with van der Waals surface area (Å²) in [5.74, 6) is 0.568. The van der Waals surface area contributed by atoms with Gasteiger partial charge >= 0.3 is 0 Å². The summed E-state index contributed by atoms with van der Waals surface area (Å²) in [7, 11) is 1.57. The third-order valence-electron chi connectivity index (χ3n) is 3.44. The molecule has 0 aliphatic carbocycles. The second-order valence-corrected chi connectivity index (χ2v) is 5.34. The first-order valence-corrected chi connectivity index (χ1v) is 7.25. The molecule has 0 aliphatic rings. The van der Waals surface area contributed by atoms with Crippen molar-refractivity contribution in [3.63, 3.8) is 0 Å². The van der Waals surface area contributed by atoms with E-state index in [1.807, 2.05) is 32.9 Å². The van der Waals surface area contributed by atoms with Gasteiger partial charge in [0.2, 0.25) is 0 Å². The topological polar surface area (TPSA) is 44.1 Å². The summed E-state index contributed by atoms with van der Waals surface area (Å²) in [5.41, 5.74) is 3.12. The minimum absolute atomic E-state index is 0.0247. The molecule has 0 amide bonds. The molecule has 0 spiro atoms. The van der Waals surface area contributed by atoms with Crippen LogP contribution in [0.5, 0.6) is 5.75 Å². The summed E-state index contributed by atoms with van der Waals surface area (Å²) in [5, 5.41) is 4.90. The van der Waals surface area contributed by atoms with E-state index in [0.717, 1.165) is 17.0 Å². The maximum Gasteiger partial charge on any atom is 0.172 e. The smallest absolute Gasteiger partial charge is 0.172 e. The molecule has 1 aromatic heterocycles. The van der Waals surface area contributed by atoms with E-state index < -0.39 is 0 Å². The first kappa shape index (κ1) is 15.6. The SMILES string of the molecule is CCn1nc(C)c(Cl)c1CC(=O)c1ccc(C)cc1OC. The van der Waals surface area contributed by atoms with Crippen LogP contribution in [0.25, 0.3) is 0 Å². The first-order valence-electron chi connectivity index (χ1n) is 6.87. The maximum atomic E-state index is 12.6. The van der Waals surface area contributed by atoms with Crippen molar-refractivity contribution in [2.24, 2.45) is 0 Å². The second-order valence-electron chi connectivity index (χ2n) is 4.97. The number of ether oxygens (including phenoxy) is 1. The molecular weight excluding hydrogens is 288 g/mol. The van der Waals surface area contributed by atoms with Gasteiger partial charge in [-0.05, 0) is 38.5 Å². The zero-order chi connectivity index (χ0) is 15.6. The molecule has 0 saturated carbocycles. The van der Waals surface area contributed by atoms with Crippen molar-refractivity contribution in [1.82, 2.24) is 9.78 Å². The summed E-state index contributed by atoms with van der Waals surface area (Å²) in [4.78, 5) is 12.6. The quantitative estimate of drug-likeness (QED) is 0.793. The minimum atomic E-state index is -0.0247. The number of ketones is 1. The van der Waals surface area contributed by atoms with Crippen LogP contribution in [0.2, 0.25) is 5.02 Å². The third-order valence-corrected chi connectivity index (χ3v) is 3.93. The molecule has 0 bridgehead atoms. The van der Waals surface area contributed by atoms with Crippen molar-refractivity contribution in [2.45, 2.75) is 33.7 Å². The number of methoxy groups -OCH3 is 1. The van der Waals surface area contributed by atoms with Crippen LogP contribution in [0.3, 0.4) is 0 Å². The van der Waals surface area contributed by atoms with Gasteiger partial charge in [-0.15, -0.1) is 0 Å². The fourth-order valence-corrected chi connectivity index (χ4v) is 2.52. The van der Waals surface area contributed by atoms with Crippen LogP contribution in [0.4, 0.5) is 0 Å². The van der Waals surface area contributed by atoms with Gasteiger partial charge in [-0.25, -0.2) is 0 Å². The average Bonchev–Trinajstić information content (AvgIpc) is 2.74. The molecule has 0 fully saturated rings. The van der Waals surface area contributed by atoms with Gasteiger partial charge in [0, 0.05) is 6.54 Å². The number of hydrogen-bond donors (Lipinski definition) is 0. The molecule has 5 heteroatoms.